The van der Waals surface area contributed by atoms with E-state index in [-0.39, 0.29) is 18.6 Å². The van der Waals surface area contributed by atoms with Crippen molar-refractivity contribution in [3.63, 3.8) is 0 Å². The summed E-state index contributed by atoms with van der Waals surface area (Å²) in [7, 11) is 0. The van der Waals surface area contributed by atoms with Gasteiger partial charge < -0.3 is 15.3 Å². The standard InChI is InChI=1S/C14H22N4O2/c1-3-5-15-13-8-16-11(7-17-13)14(20)18-6-4-10(2)12(18)9-19/h7-8,10,12,19H,3-6,9H2,1-2H3,(H,15,17). The molecule has 2 unspecified atom stereocenters. The summed E-state index contributed by atoms with van der Waals surface area (Å²) in [6.07, 6.45) is 5.00. The van der Waals surface area contributed by atoms with Crippen LogP contribution >= 0.6 is 0 Å². The van der Waals surface area contributed by atoms with Crippen LogP contribution in [-0.2, 0) is 0 Å². The fourth-order valence-corrected chi connectivity index (χ4v) is 2.47. The number of anilines is 1. The minimum atomic E-state index is -0.150. The lowest BCUT2D eigenvalue weighted by atomic mass is 10.0. The van der Waals surface area contributed by atoms with Gasteiger partial charge in [0.15, 0.2) is 0 Å². The summed E-state index contributed by atoms with van der Waals surface area (Å²) >= 11 is 0. The van der Waals surface area contributed by atoms with Gasteiger partial charge in [-0.3, -0.25) is 4.79 Å². The van der Waals surface area contributed by atoms with Gasteiger partial charge in [-0.1, -0.05) is 13.8 Å². The summed E-state index contributed by atoms with van der Waals surface area (Å²) in [5, 5.41) is 12.5. The van der Waals surface area contributed by atoms with Gasteiger partial charge in [0.25, 0.3) is 5.91 Å². The van der Waals surface area contributed by atoms with Crippen molar-refractivity contribution in [2.75, 3.05) is 25.0 Å². The van der Waals surface area contributed by atoms with E-state index in [2.05, 4.69) is 29.1 Å². The summed E-state index contributed by atoms with van der Waals surface area (Å²) in [6, 6.07) is -0.109. The highest BCUT2D eigenvalue weighted by Crippen LogP contribution is 2.24. The average molecular weight is 278 g/mol. The Labute approximate surface area is 119 Å². The first-order chi connectivity index (χ1) is 9.67. The second-order valence-corrected chi connectivity index (χ2v) is 5.23. The summed E-state index contributed by atoms with van der Waals surface area (Å²) in [6.45, 7) is 5.62. The fourth-order valence-electron chi connectivity index (χ4n) is 2.47. The van der Waals surface area contributed by atoms with Crippen LogP contribution in [0.3, 0.4) is 0 Å². The zero-order valence-electron chi connectivity index (χ0n) is 12.0. The maximum atomic E-state index is 12.4. The predicted octanol–water partition coefficient (Wildman–Crippen LogP) is 1.14. The van der Waals surface area contributed by atoms with Crippen molar-refractivity contribution in [2.24, 2.45) is 5.92 Å². The largest absolute Gasteiger partial charge is 0.394 e. The van der Waals surface area contributed by atoms with Crippen molar-refractivity contribution < 1.29 is 9.90 Å². The number of aromatic nitrogens is 2. The third-order valence-electron chi connectivity index (χ3n) is 3.76. The maximum Gasteiger partial charge on any atom is 0.274 e. The van der Waals surface area contributed by atoms with Crippen LogP contribution in [0.2, 0.25) is 0 Å². The van der Waals surface area contributed by atoms with Gasteiger partial charge in [0.05, 0.1) is 25.0 Å². The van der Waals surface area contributed by atoms with E-state index in [9.17, 15) is 9.90 Å². The van der Waals surface area contributed by atoms with Crippen LogP contribution in [0.5, 0.6) is 0 Å². The number of carbonyl (C=O) groups is 1. The first-order valence-corrected chi connectivity index (χ1v) is 7.15. The van der Waals surface area contributed by atoms with Gasteiger partial charge in [0, 0.05) is 13.1 Å². The lowest BCUT2D eigenvalue weighted by Gasteiger charge is -2.24. The van der Waals surface area contributed by atoms with Crippen molar-refractivity contribution in [1.82, 2.24) is 14.9 Å². The van der Waals surface area contributed by atoms with E-state index in [1.165, 1.54) is 6.20 Å². The van der Waals surface area contributed by atoms with Crippen molar-refractivity contribution in [3.05, 3.63) is 18.1 Å². The third kappa shape index (κ3) is 3.07. The van der Waals surface area contributed by atoms with E-state index in [0.29, 0.717) is 24.0 Å². The number of rotatable bonds is 5. The molecule has 0 aliphatic carbocycles. The summed E-state index contributed by atoms with van der Waals surface area (Å²) in [5.74, 6) is 0.849. The van der Waals surface area contributed by atoms with Crippen molar-refractivity contribution in [2.45, 2.75) is 32.7 Å². The third-order valence-corrected chi connectivity index (χ3v) is 3.76. The Balaban J connectivity index is 2.05. The molecule has 1 aliphatic rings. The SMILES string of the molecule is CCCNc1cnc(C(=O)N2CCC(C)C2CO)cn1. The molecule has 1 fully saturated rings. The Morgan fingerprint density at radius 1 is 1.50 bits per heavy atom. The van der Waals surface area contributed by atoms with E-state index in [1.807, 2.05) is 0 Å². The highest BCUT2D eigenvalue weighted by Gasteiger charge is 2.34. The second kappa shape index (κ2) is 6.65. The molecule has 2 atom stereocenters. The molecule has 1 aromatic heterocycles. The molecule has 0 bridgehead atoms. The minimum Gasteiger partial charge on any atom is -0.394 e. The van der Waals surface area contributed by atoms with Gasteiger partial charge >= 0.3 is 0 Å². The van der Waals surface area contributed by atoms with Crippen LogP contribution in [0, 0.1) is 5.92 Å². The Morgan fingerprint density at radius 2 is 2.30 bits per heavy atom. The number of aliphatic hydroxyl groups is 1. The molecular weight excluding hydrogens is 256 g/mol. The van der Waals surface area contributed by atoms with Crippen LogP contribution in [0.15, 0.2) is 12.4 Å². The van der Waals surface area contributed by atoms with Crippen molar-refractivity contribution in [1.29, 1.82) is 0 Å². The number of nitrogens with one attached hydrogen (secondary N) is 1. The number of carbonyl (C=O) groups excluding carboxylic acids is 1. The normalized spacial score (nSPS) is 22.1. The number of nitrogens with zero attached hydrogens (tertiary/aromatic N) is 3. The Kier molecular flexibility index (Phi) is 4.89. The molecule has 110 valence electrons. The van der Waals surface area contributed by atoms with Gasteiger partial charge in [-0.2, -0.15) is 0 Å². The molecule has 2 heterocycles. The molecule has 0 aromatic carbocycles. The lowest BCUT2D eigenvalue weighted by molar-refractivity contribution is 0.0642. The monoisotopic (exact) mass is 278 g/mol. The quantitative estimate of drug-likeness (QED) is 0.844. The van der Waals surface area contributed by atoms with Gasteiger partial charge in [-0.15, -0.1) is 0 Å². The highest BCUT2D eigenvalue weighted by atomic mass is 16.3. The average Bonchev–Trinajstić information content (AvgIpc) is 2.85. The van der Waals surface area contributed by atoms with Crippen molar-refractivity contribution in [3.8, 4) is 0 Å². The Hall–Kier alpha value is -1.69. The highest BCUT2D eigenvalue weighted by molar-refractivity contribution is 5.92. The molecule has 1 aromatic rings. The molecule has 0 radical (unpaired) electrons. The molecule has 0 saturated carbocycles. The molecule has 1 amide bonds. The molecule has 20 heavy (non-hydrogen) atoms. The number of amides is 1. The van der Waals surface area contributed by atoms with Gasteiger partial charge in [0.1, 0.15) is 11.5 Å². The zero-order chi connectivity index (χ0) is 14.5. The predicted molar refractivity (Wildman–Crippen MR) is 76.5 cm³/mol. The molecule has 1 saturated heterocycles. The smallest absolute Gasteiger partial charge is 0.274 e. The van der Waals surface area contributed by atoms with Crippen LogP contribution in [-0.4, -0.2) is 51.6 Å². The van der Waals surface area contributed by atoms with Gasteiger partial charge in [-0.25, -0.2) is 9.97 Å². The van der Waals surface area contributed by atoms with E-state index < -0.39 is 0 Å². The second-order valence-electron chi connectivity index (χ2n) is 5.23. The van der Waals surface area contributed by atoms with E-state index in [4.69, 9.17) is 0 Å². The van der Waals surface area contributed by atoms with E-state index >= 15 is 0 Å². The van der Waals surface area contributed by atoms with Crippen LogP contribution in [0.4, 0.5) is 5.82 Å². The maximum absolute atomic E-state index is 12.4. The summed E-state index contributed by atoms with van der Waals surface area (Å²) in [5.41, 5.74) is 0.333. The molecule has 2 rings (SSSR count). The zero-order valence-corrected chi connectivity index (χ0v) is 12.0. The van der Waals surface area contributed by atoms with Gasteiger partial charge in [0.2, 0.25) is 0 Å². The molecule has 2 N–H and O–H groups in total. The molecular formula is C14H22N4O2. The van der Waals surface area contributed by atoms with Crippen molar-refractivity contribution >= 4 is 11.7 Å². The topological polar surface area (TPSA) is 78.4 Å². The van der Waals surface area contributed by atoms with Gasteiger partial charge in [-0.05, 0) is 18.8 Å². The molecule has 0 spiro atoms. The minimum absolute atomic E-state index is 0.00350. The first kappa shape index (κ1) is 14.7. The van der Waals surface area contributed by atoms with E-state index in [0.717, 1.165) is 19.4 Å². The van der Waals surface area contributed by atoms with Crippen LogP contribution in [0.25, 0.3) is 0 Å². The fraction of sp³-hybridized carbons (Fsp3) is 0.643. The number of aliphatic hydroxyl groups excluding tert-OH is 1. The number of hydrogen-bond acceptors (Lipinski definition) is 5. The Bertz CT molecular complexity index is 449. The number of hydrogen-bond donors (Lipinski definition) is 2. The molecule has 6 heteroatoms. The summed E-state index contributed by atoms with van der Waals surface area (Å²) in [4.78, 5) is 22.4. The van der Waals surface area contributed by atoms with Crippen LogP contribution < -0.4 is 5.32 Å². The lowest BCUT2D eigenvalue weighted by Crippen LogP contribution is -2.40. The van der Waals surface area contributed by atoms with Crippen LogP contribution in [0.1, 0.15) is 37.2 Å². The Morgan fingerprint density at radius 3 is 2.90 bits per heavy atom. The number of likely N-dealkylation sites (tertiary alicyclic amines) is 1. The molecule has 6 nitrogen and oxygen atoms in total. The molecule has 1 aliphatic heterocycles. The van der Waals surface area contributed by atoms with E-state index in [1.54, 1.807) is 11.1 Å². The summed E-state index contributed by atoms with van der Waals surface area (Å²) < 4.78 is 0. The first-order valence-electron chi connectivity index (χ1n) is 7.15.